The molecule has 12 heteroatoms. The van der Waals surface area contributed by atoms with Crippen LogP contribution in [-0.4, -0.2) is 58.6 Å². The maximum atomic E-state index is 13.1. The van der Waals surface area contributed by atoms with Crippen molar-refractivity contribution in [3.8, 4) is 23.2 Å². The number of benzene rings is 2. The third-order valence-corrected chi connectivity index (χ3v) is 4.78. The van der Waals surface area contributed by atoms with Crippen LogP contribution in [0, 0.1) is 0 Å². The summed E-state index contributed by atoms with van der Waals surface area (Å²) in [5, 5.41) is 3.03. The van der Waals surface area contributed by atoms with Crippen LogP contribution >= 0.6 is 0 Å². The summed E-state index contributed by atoms with van der Waals surface area (Å²) in [5.74, 6) is 1.47. The van der Waals surface area contributed by atoms with Crippen LogP contribution in [0.2, 0.25) is 0 Å². The first-order valence-electron chi connectivity index (χ1n) is 9.59. The van der Waals surface area contributed by atoms with Crippen LogP contribution in [0.25, 0.3) is 17.0 Å². The highest BCUT2D eigenvalue weighted by molar-refractivity contribution is 5.87. The number of anilines is 2. The molecule has 12 nitrogen and oxygen atoms in total. The summed E-state index contributed by atoms with van der Waals surface area (Å²) in [5.41, 5.74) is 0.658. The predicted molar refractivity (Wildman–Crippen MR) is 118 cm³/mol. The minimum atomic E-state index is -0.820. The Morgan fingerprint density at radius 3 is 2.21 bits per heavy atom. The standard InChI is InChI=1S/C21H20N6O6/c1-30-15-9-12(10-16(31-2)17(15)32-3)24-18-22-11-23-19(25-18)26-13-7-5-6-8-14(13)27(20(26)28)21(29)33-4/h5-11H,1-4H3,(H,22,23,24,25). The molecule has 0 saturated heterocycles. The number of carbonyl (C=O) groups excluding carboxylic acids is 1. The van der Waals surface area contributed by atoms with Gasteiger partial charge in [-0.15, -0.1) is 0 Å². The molecule has 2 aromatic carbocycles. The first-order valence-corrected chi connectivity index (χ1v) is 9.59. The summed E-state index contributed by atoms with van der Waals surface area (Å²) in [6.07, 6.45) is 0.430. The van der Waals surface area contributed by atoms with E-state index in [1.807, 2.05) is 0 Å². The summed E-state index contributed by atoms with van der Waals surface area (Å²) < 4.78 is 22.9. The molecule has 33 heavy (non-hydrogen) atoms. The molecule has 0 aliphatic heterocycles. The molecule has 0 bridgehead atoms. The second kappa shape index (κ2) is 8.86. The number of rotatable bonds is 6. The quantitative estimate of drug-likeness (QED) is 0.465. The van der Waals surface area contributed by atoms with Crippen molar-refractivity contribution in [2.45, 2.75) is 0 Å². The van der Waals surface area contributed by atoms with Crippen molar-refractivity contribution in [2.75, 3.05) is 33.8 Å². The lowest BCUT2D eigenvalue weighted by atomic mass is 10.2. The molecule has 0 amide bonds. The minimum absolute atomic E-state index is 0.0174. The Hall–Kier alpha value is -4.61. The number of ether oxygens (including phenoxy) is 4. The number of hydrogen-bond donors (Lipinski definition) is 1. The van der Waals surface area contributed by atoms with Crippen molar-refractivity contribution in [3.63, 3.8) is 0 Å². The van der Waals surface area contributed by atoms with Crippen molar-refractivity contribution in [1.82, 2.24) is 24.1 Å². The summed E-state index contributed by atoms with van der Waals surface area (Å²) in [7, 11) is 5.72. The third kappa shape index (κ3) is 3.78. The molecule has 2 heterocycles. The van der Waals surface area contributed by atoms with Gasteiger partial charge in [-0.1, -0.05) is 12.1 Å². The minimum Gasteiger partial charge on any atom is -0.493 e. The van der Waals surface area contributed by atoms with E-state index in [2.05, 4.69) is 20.3 Å². The zero-order chi connectivity index (χ0) is 23.5. The van der Waals surface area contributed by atoms with E-state index in [1.54, 1.807) is 36.4 Å². The van der Waals surface area contributed by atoms with Crippen molar-refractivity contribution >= 4 is 28.8 Å². The molecule has 0 unspecified atom stereocenters. The van der Waals surface area contributed by atoms with E-state index in [1.165, 1.54) is 39.3 Å². The number of nitrogens with zero attached hydrogens (tertiary/aromatic N) is 5. The number of fused-ring (bicyclic) bond motifs is 1. The maximum absolute atomic E-state index is 13.1. The number of aromatic nitrogens is 5. The van der Waals surface area contributed by atoms with E-state index in [0.717, 1.165) is 4.57 Å². The normalized spacial score (nSPS) is 10.7. The van der Waals surface area contributed by atoms with Crippen LogP contribution in [0.5, 0.6) is 17.2 Å². The molecular formula is C21H20N6O6. The van der Waals surface area contributed by atoms with E-state index in [0.29, 0.717) is 34.0 Å². The van der Waals surface area contributed by atoms with Crippen LogP contribution in [0.4, 0.5) is 16.4 Å². The number of imidazole rings is 1. The lowest BCUT2D eigenvalue weighted by Gasteiger charge is -2.14. The van der Waals surface area contributed by atoms with Gasteiger partial charge in [-0.2, -0.15) is 9.55 Å². The smallest absolute Gasteiger partial charge is 0.422 e. The summed E-state index contributed by atoms with van der Waals surface area (Å²) in [6.45, 7) is 0. The Balaban J connectivity index is 1.79. The molecule has 0 radical (unpaired) electrons. The van der Waals surface area contributed by atoms with Gasteiger partial charge in [0, 0.05) is 17.8 Å². The first-order chi connectivity index (χ1) is 16.0. The Labute approximate surface area is 187 Å². The van der Waals surface area contributed by atoms with Crippen LogP contribution in [-0.2, 0) is 4.74 Å². The summed E-state index contributed by atoms with van der Waals surface area (Å²) in [6, 6.07) is 10.1. The molecule has 0 saturated carbocycles. The van der Waals surface area contributed by atoms with Gasteiger partial charge in [0.1, 0.15) is 6.33 Å². The average molecular weight is 452 g/mol. The Morgan fingerprint density at radius 2 is 1.61 bits per heavy atom. The van der Waals surface area contributed by atoms with Crippen molar-refractivity contribution in [1.29, 1.82) is 0 Å². The number of methoxy groups -OCH3 is 4. The van der Waals surface area contributed by atoms with E-state index in [-0.39, 0.29) is 11.9 Å². The first kappa shape index (κ1) is 21.6. The van der Waals surface area contributed by atoms with Gasteiger partial charge in [-0.25, -0.2) is 24.1 Å². The van der Waals surface area contributed by atoms with Crippen molar-refractivity contribution in [3.05, 3.63) is 53.2 Å². The van der Waals surface area contributed by atoms with E-state index in [4.69, 9.17) is 18.9 Å². The predicted octanol–water partition coefficient (Wildman–Crippen LogP) is 2.36. The van der Waals surface area contributed by atoms with Gasteiger partial charge in [0.15, 0.2) is 11.5 Å². The molecule has 1 N–H and O–H groups in total. The van der Waals surface area contributed by atoms with Crippen LogP contribution < -0.4 is 25.2 Å². The number of carbonyl (C=O) groups is 1. The van der Waals surface area contributed by atoms with E-state index >= 15 is 0 Å². The molecule has 0 spiro atoms. The van der Waals surface area contributed by atoms with Crippen molar-refractivity contribution in [2.24, 2.45) is 0 Å². The Kier molecular flexibility index (Phi) is 5.81. The fraction of sp³-hybridized carbons (Fsp3) is 0.190. The monoisotopic (exact) mass is 452 g/mol. The highest BCUT2D eigenvalue weighted by atomic mass is 16.5. The van der Waals surface area contributed by atoms with Crippen LogP contribution in [0.15, 0.2) is 47.5 Å². The van der Waals surface area contributed by atoms with Gasteiger partial charge >= 0.3 is 11.8 Å². The molecular weight excluding hydrogens is 432 g/mol. The number of para-hydroxylation sites is 2. The van der Waals surface area contributed by atoms with Gasteiger partial charge in [-0.3, -0.25) is 0 Å². The average Bonchev–Trinajstić information content (AvgIpc) is 3.14. The number of hydrogen-bond acceptors (Lipinski definition) is 10. The molecule has 0 aliphatic carbocycles. The molecule has 0 atom stereocenters. The lowest BCUT2D eigenvalue weighted by molar-refractivity contribution is 0.173. The molecule has 4 rings (SSSR count). The Bertz CT molecular complexity index is 1370. The fourth-order valence-corrected chi connectivity index (χ4v) is 3.35. The lowest BCUT2D eigenvalue weighted by Crippen LogP contribution is -2.29. The van der Waals surface area contributed by atoms with Crippen LogP contribution in [0.3, 0.4) is 0 Å². The van der Waals surface area contributed by atoms with E-state index < -0.39 is 11.8 Å². The zero-order valence-electron chi connectivity index (χ0n) is 18.2. The second-order valence-corrected chi connectivity index (χ2v) is 6.56. The zero-order valence-corrected chi connectivity index (χ0v) is 18.2. The van der Waals surface area contributed by atoms with Gasteiger partial charge in [0.25, 0.3) is 0 Å². The molecule has 0 fully saturated rings. The molecule has 170 valence electrons. The highest BCUT2D eigenvalue weighted by Gasteiger charge is 2.21. The van der Waals surface area contributed by atoms with Gasteiger partial charge in [0.2, 0.25) is 17.6 Å². The highest BCUT2D eigenvalue weighted by Crippen LogP contribution is 2.40. The fourth-order valence-electron chi connectivity index (χ4n) is 3.35. The number of nitrogens with one attached hydrogen (secondary N) is 1. The van der Waals surface area contributed by atoms with E-state index in [9.17, 15) is 9.59 Å². The maximum Gasteiger partial charge on any atom is 0.422 e. The molecule has 0 aliphatic rings. The molecule has 4 aromatic rings. The van der Waals surface area contributed by atoms with Crippen LogP contribution in [0.1, 0.15) is 0 Å². The second-order valence-electron chi connectivity index (χ2n) is 6.56. The van der Waals surface area contributed by atoms with Crippen molar-refractivity contribution < 1.29 is 23.7 Å². The van der Waals surface area contributed by atoms with Gasteiger partial charge in [-0.05, 0) is 12.1 Å². The summed E-state index contributed by atoms with van der Waals surface area (Å²) >= 11 is 0. The third-order valence-electron chi connectivity index (χ3n) is 4.78. The Morgan fingerprint density at radius 1 is 0.939 bits per heavy atom. The SMILES string of the molecule is COC(=O)n1c(=O)n(-c2ncnc(Nc3cc(OC)c(OC)c(OC)c3)n2)c2ccccc21. The topological polar surface area (TPSA) is 132 Å². The van der Waals surface area contributed by atoms with Gasteiger partial charge in [0.05, 0.1) is 39.5 Å². The summed E-state index contributed by atoms with van der Waals surface area (Å²) in [4.78, 5) is 37.9. The van der Waals surface area contributed by atoms with Gasteiger partial charge < -0.3 is 24.3 Å². The largest absolute Gasteiger partial charge is 0.493 e. The molecule has 2 aromatic heterocycles.